The number of aliphatic imine (C=N–C) groups is 1. The molecule has 0 aromatic heterocycles. The summed E-state index contributed by atoms with van der Waals surface area (Å²) in [5.41, 5.74) is 5.76. The van der Waals surface area contributed by atoms with E-state index >= 15 is 0 Å². The van der Waals surface area contributed by atoms with Gasteiger partial charge < -0.3 is 20.5 Å². The van der Waals surface area contributed by atoms with Gasteiger partial charge in [0.2, 0.25) is 0 Å². The van der Waals surface area contributed by atoms with Gasteiger partial charge in [-0.25, -0.2) is 0 Å². The number of guanidine groups is 1. The molecule has 3 N–H and O–H groups in total. The van der Waals surface area contributed by atoms with Crippen molar-refractivity contribution in [3.05, 3.63) is 24.3 Å². The van der Waals surface area contributed by atoms with Crippen molar-refractivity contribution in [1.82, 2.24) is 0 Å². The summed E-state index contributed by atoms with van der Waals surface area (Å²) >= 11 is 0. The van der Waals surface area contributed by atoms with Gasteiger partial charge in [-0.1, -0.05) is 12.1 Å². The van der Waals surface area contributed by atoms with E-state index in [0.717, 1.165) is 12.8 Å². The largest absolute Gasteiger partial charge is 0.573 e. The van der Waals surface area contributed by atoms with Crippen LogP contribution in [-0.2, 0) is 4.74 Å². The van der Waals surface area contributed by atoms with Crippen molar-refractivity contribution < 1.29 is 22.6 Å². The van der Waals surface area contributed by atoms with Crippen LogP contribution in [0.15, 0.2) is 29.3 Å². The van der Waals surface area contributed by atoms with Crippen LogP contribution >= 0.6 is 0 Å². The monoisotopic (exact) mass is 303 g/mol. The van der Waals surface area contributed by atoms with Gasteiger partial charge in [-0.15, -0.1) is 13.2 Å². The zero-order chi connectivity index (χ0) is 15.3. The molecule has 0 amide bonds. The lowest BCUT2D eigenvalue weighted by Crippen LogP contribution is -2.26. The van der Waals surface area contributed by atoms with Crippen molar-refractivity contribution in [1.29, 1.82) is 0 Å². The summed E-state index contributed by atoms with van der Waals surface area (Å²) in [6.45, 7) is 1.08. The summed E-state index contributed by atoms with van der Waals surface area (Å²) in [5.74, 6) is -0.344. The molecule has 0 saturated carbocycles. The summed E-state index contributed by atoms with van der Waals surface area (Å²) in [7, 11) is 0. The van der Waals surface area contributed by atoms with E-state index in [1.807, 2.05) is 0 Å². The van der Waals surface area contributed by atoms with Gasteiger partial charge in [0, 0.05) is 6.61 Å². The number of anilines is 1. The highest BCUT2D eigenvalue weighted by Gasteiger charge is 2.32. The van der Waals surface area contributed by atoms with Gasteiger partial charge in [-0.2, -0.15) is 0 Å². The molecular weight excluding hydrogens is 287 g/mol. The Labute approximate surface area is 119 Å². The second kappa shape index (κ2) is 6.66. The molecule has 1 aliphatic heterocycles. The highest BCUT2D eigenvalue weighted by molar-refractivity contribution is 5.93. The average Bonchev–Trinajstić information content (AvgIpc) is 2.90. The number of rotatable bonds is 4. The van der Waals surface area contributed by atoms with Crippen LogP contribution < -0.4 is 15.8 Å². The number of nitrogens with one attached hydrogen (secondary N) is 1. The topological polar surface area (TPSA) is 68.9 Å². The molecule has 5 nitrogen and oxygen atoms in total. The van der Waals surface area contributed by atoms with Crippen LogP contribution in [0.1, 0.15) is 12.8 Å². The first-order chi connectivity index (χ1) is 9.94. The molecule has 1 saturated heterocycles. The third-order valence-corrected chi connectivity index (χ3v) is 2.86. The Balaban J connectivity index is 1.99. The lowest BCUT2D eigenvalue weighted by Gasteiger charge is -2.14. The van der Waals surface area contributed by atoms with E-state index in [4.69, 9.17) is 10.5 Å². The Morgan fingerprint density at radius 2 is 2.19 bits per heavy atom. The molecule has 0 unspecified atom stereocenters. The number of hydrogen-bond donors (Lipinski definition) is 2. The van der Waals surface area contributed by atoms with Gasteiger partial charge >= 0.3 is 6.36 Å². The number of ether oxygens (including phenoxy) is 2. The second-order valence-corrected chi connectivity index (χ2v) is 4.53. The Hall–Kier alpha value is -1.96. The fraction of sp³-hybridized carbons (Fsp3) is 0.462. The van der Waals surface area contributed by atoms with Crippen molar-refractivity contribution in [3.8, 4) is 5.75 Å². The van der Waals surface area contributed by atoms with Crippen LogP contribution in [0.2, 0.25) is 0 Å². The number of para-hydroxylation sites is 2. The Kier molecular flexibility index (Phi) is 4.89. The van der Waals surface area contributed by atoms with E-state index in [9.17, 15) is 13.2 Å². The number of benzene rings is 1. The van der Waals surface area contributed by atoms with Gasteiger partial charge in [0.15, 0.2) is 11.7 Å². The van der Waals surface area contributed by atoms with Crippen molar-refractivity contribution in [2.24, 2.45) is 10.7 Å². The normalized spacial score (nSPS) is 19.6. The van der Waals surface area contributed by atoms with Gasteiger partial charge in [-0.3, -0.25) is 4.99 Å². The SMILES string of the molecule is NC(=NC[C@H]1CCCO1)Nc1ccccc1OC(F)(F)F. The number of nitrogens with two attached hydrogens (primary N) is 1. The molecule has 1 fully saturated rings. The fourth-order valence-electron chi connectivity index (χ4n) is 1.95. The highest BCUT2D eigenvalue weighted by atomic mass is 19.4. The zero-order valence-electron chi connectivity index (χ0n) is 11.2. The molecule has 0 bridgehead atoms. The maximum absolute atomic E-state index is 12.3. The lowest BCUT2D eigenvalue weighted by atomic mass is 10.2. The third kappa shape index (κ3) is 5.14. The minimum atomic E-state index is -4.76. The standard InChI is InChI=1S/C13H16F3N3O2/c14-13(15,16)21-11-6-2-1-5-10(11)19-12(17)18-8-9-4-3-7-20-9/h1-2,5-6,9H,3-4,7-8H2,(H3,17,18,19)/t9-/m1/s1. The summed E-state index contributed by atoms with van der Waals surface area (Å²) in [6, 6.07) is 5.63. The van der Waals surface area contributed by atoms with Gasteiger partial charge in [0.1, 0.15) is 0 Å². The number of halogens is 3. The van der Waals surface area contributed by atoms with Crippen molar-refractivity contribution in [2.45, 2.75) is 25.3 Å². The summed E-state index contributed by atoms with van der Waals surface area (Å²) in [6.07, 6.45) is -2.85. The molecule has 1 aromatic carbocycles. The fourth-order valence-corrected chi connectivity index (χ4v) is 1.95. The first kappa shape index (κ1) is 15.4. The smallest absolute Gasteiger partial charge is 0.404 e. The molecular formula is C13H16F3N3O2. The molecule has 21 heavy (non-hydrogen) atoms. The van der Waals surface area contributed by atoms with Crippen LogP contribution in [0.3, 0.4) is 0 Å². The second-order valence-electron chi connectivity index (χ2n) is 4.53. The summed E-state index contributed by atoms with van der Waals surface area (Å²) < 4.78 is 46.1. The van der Waals surface area contributed by atoms with Gasteiger partial charge in [0.25, 0.3) is 0 Å². The van der Waals surface area contributed by atoms with E-state index in [-0.39, 0.29) is 23.5 Å². The Morgan fingerprint density at radius 3 is 2.86 bits per heavy atom. The maximum Gasteiger partial charge on any atom is 0.573 e. The van der Waals surface area contributed by atoms with E-state index < -0.39 is 6.36 Å². The molecule has 1 aromatic rings. The molecule has 0 spiro atoms. The minimum Gasteiger partial charge on any atom is -0.404 e. The van der Waals surface area contributed by atoms with Crippen molar-refractivity contribution >= 4 is 11.6 Å². The molecule has 8 heteroatoms. The lowest BCUT2D eigenvalue weighted by molar-refractivity contribution is -0.274. The first-order valence-corrected chi connectivity index (χ1v) is 6.47. The molecule has 2 rings (SSSR count). The van der Waals surface area contributed by atoms with Gasteiger partial charge in [-0.05, 0) is 25.0 Å². The minimum absolute atomic E-state index is 0.0173. The quantitative estimate of drug-likeness (QED) is 0.662. The summed E-state index contributed by atoms with van der Waals surface area (Å²) in [5, 5.41) is 2.60. The highest BCUT2D eigenvalue weighted by Crippen LogP contribution is 2.29. The van der Waals surface area contributed by atoms with Crippen LogP contribution in [0, 0.1) is 0 Å². The summed E-state index contributed by atoms with van der Waals surface area (Å²) in [4.78, 5) is 4.06. The predicted molar refractivity (Wildman–Crippen MR) is 72.2 cm³/mol. The van der Waals surface area contributed by atoms with E-state index in [1.54, 1.807) is 6.07 Å². The van der Waals surface area contributed by atoms with Crippen LogP contribution in [0.4, 0.5) is 18.9 Å². The third-order valence-electron chi connectivity index (χ3n) is 2.86. The Bertz CT molecular complexity index is 500. The van der Waals surface area contributed by atoms with Crippen LogP contribution in [-0.4, -0.2) is 31.6 Å². The molecule has 116 valence electrons. The number of alkyl halides is 3. The Morgan fingerprint density at radius 1 is 1.43 bits per heavy atom. The number of hydrogen-bond acceptors (Lipinski definition) is 3. The van der Waals surface area contributed by atoms with Crippen LogP contribution in [0.25, 0.3) is 0 Å². The molecule has 0 radical (unpaired) electrons. The van der Waals surface area contributed by atoms with E-state index in [0.29, 0.717) is 13.2 Å². The first-order valence-electron chi connectivity index (χ1n) is 6.47. The average molecular weight is 303 g/mol. The van der Waals surface area contributed by atoms with E-state index in [2.05, 4.69) is 15.0 Å². The van der Waals surface area contributed by atoms with Gasteiger partial charge in [0.05, 0.1) is 18.3 Å². The predicted octanol–water partition coefficient (Wildman–Crippen LogP) is 2.49. The molecule has 1 atom stereocenters. The molecule has 1 heterocycles. The molecule has 0 aliphatic carbocycles. The molecule has 1 aliphatic rings. The number of nitrogens with zero attached hydrogens (tertiary/aromatic N) is 1. The maximum atomic E-state index is 12.3. The van der Waals surface area contributed by atoms with Crippen molar-refractivity contribution in [3.63, 3.8) is 0 Å². The van der Waals surface area contributed by atoms with Crippen molar-refractivity contribution in [2.75, 3.05) is 18.5 Å². The zero-order valence-corrected chi connectivity index (χ0v) is 11.2. The van der Waals surface area contributed by atoms with E-state index in [1.165, 1.54) is 18.2 Å². The van der Waals surface area contributed by atoms with Crippen LogP contribution in [0.5, 0.6) is 5.75 Å².